The summed E-state index contributed by atoms with van der Waals surface area (Å²) < 4.78 is 4.48. The Bertz CT molecular complexity index is 319. The lowest BCUT2D eigenvalue weighted by atomic mass is 9.80. The molecule has 5 heteroatoms. The quantitative estimate of drug-likeness (QED) is 0.738. The number of rotatable bonds is 5. The summed E-state index contributed by atoms with van der Waals surface area (Å²) in [5.74, 6) is -0.0558. The minimum absolute atomic E-state index is 0.0104. The SMILES string of the molecule is CCC1CCC(C(=O)NC[C@@](C)(O)C(=O)OC)CC1. The van der Waals surface area contributed by atoms with E-state index in [9.17, 15) is 14.7 Å². The summed E-state index contributed by atoms with van der Waals surface area (Å²) in [6, 6.07) is 0. The van der Waals surface area contributed by atoms with E-state index in [2.05, 4.69) is 17.0 Å². The molecule has 1 saturated carbocycles. The molecule has 19 heavy (non-hydrogen) atoms. The topological polar surface area (TPSA) is 75.6 Å². The van der Waals surface area contributed by atoms with Crippen LogP contribution in [0.3, 0.4) is 0 Å². The van der Waals surface area contributed by atoms with Crippen LogP contribution in [0.5, 0.6) is 0 Å². The summed E-state index contributed by atoms with van der Waals surface area (Å²) in [5.41, 5.74) is -1.66. The Morgan fingerprint density at radius 2 is 1.89 bits per heavy atom. The van der Waals surface area contributed by atoms with E-state index in [0.717, 1.165) is 31.6 Å². The van der Waals surface area contributed by atoms with Crippen molar-refractivity contribution in [2.24, 2.45) is 11.8 Å². The van der Waals surface area contributed by atoms with E-state index in [0.29, 0.717) is 0 Å². The zero-order chi connectivity index (χ0) is 14.5. The third-order valence-electron chi connectivity index (χ3n) is 4.03. The van der Waals surface area contributed by atoms with Crippen LogP contribution in [0.4, 0.5) is 0 Å². The van der Waals surface area contributed by atoms with Gasteiger partial charge in [-0.15, -0.1) is 0 Å². The molecular formula is C14H25NO4. The average molecular weight is 271 g/mol. The number of carbonyl (C=O) groups is 2. The second kappa shape index (κ2) is 6.89. The highest BCUT2D eigenvalue weighted by atomic mass is 16.5. The molecule has 0 spiro atoms. The van der Waals surface area contributed by atoms with Gasteiger partial charge in [0.15, 0.2) is 5.60 Å². The Hall–Kier alpha value is -1.10. The second-order valence-electron chi connectivity index (χ2n) is 5.61. The molecule has 1 fully saturated rings. The Kier molecular flexibility index (Phi) is 5.79. The molecule has 0 bridgehead atoms. The predicted molar refractivity (Wildman–Crippen MR) is 71.4 cm³/mol. The Labute approximate surface area is 114 Å². The van der Waals surface area contributed by atoms with Gasteiger partial charge in [0.05, 0.1) is 13.7 Å². The number of nitrogens with one attached hydrogen (secondary N) is 1. The van der Waals surface area contributed by atoms with Crippen molar-refractivity contribution >= 4 is 11.9 Å². The van der Waals surface area contributed by atoms with Gasteiger partial charge in [0.1, 0.15) is 0 Å². The molecule has 5 nitrogen and oxygen atoms in total. The molecule has 1 rings (SSSR count). The highest BCUT2D eigenvalue weighted by Crippen LogP contribution is 2.30. The Balaban J connectivity index is 2.38. The van der Waals surface area contributed by atoms with Crippen LogP contribution in [0.25, 0.3) is 0 Å². The van der Waals surface area contributed by atoms with Gasteiger partial charge in [-0.05, 0) is 38.5 Å². The van der Waals surface area contributed by atoms with Crippen molar-refractivity contribution in [1.29, 1.82) is 0 Å². The van der Waals surface area contributed by atoms with Crippen LogP contribution in [-0.2, 0) is 14.3 Å². The van der Waals surface area contributed by atoms with Gasteiger partial charge in [0.25, 0.3) is 0 Å². The van der Waals surface area contributed by atoms with E-state index in [-0.39, 0.29) is 18.4 Å². The second-order valence-corrected chi connectivity index (χ2v) is 5.61. The van der Waals surface area contributed by atoms with Gasteiger partial charge < -0.3 is 15.2 Å². The maximum atomic E-state index is 12.0. The molecule has 0 aromatic carbocycles. The number of esters is 1. The smallest absolute Gasteiger partial charge is 0.339 e. The maximum Gasteiger partial charge on any atom is 0.339 e. The Morgan fingerprint density at radius 3 is 2.37 bits per heavy atom. The van der Waals surface area contributed by atoms with Gasteiger partial charge >= 0.3 is 5.97 Å². The number of hydrogen-bond donors (Lipinski definition) is 2. The first-order valence-corrected chi connectivity index (χ1v) is 6.99. The molecule has 0 aromatic heterocycles. The van der Waals surface area contributed by atoms with Gasteiger partial charge in [-0.3, -0.25) is 4.79 Å². The molecule has 0 aliphatic heterocycles. The van der Waals surface area contributed by atoms with Crippen LogP contribution in [0.1, 0.15) is 46.0 Å². The third kappa shape index (κ3) is 4.49. The zero-order valence-corrected chi connectivity index (χ0v) is 12.1. The molecule has 2 N–H and O–H groups in total. The van der Waals surface area contributed by atoms with Crippen molar-refractivity contribution in [1.82, 2.24) is 5.32 Å². The lowest BCUT2D eigenvalue weighted by molar-refractivity contribution is -0.160. The first-order valence-electron chi connectivity index (χ1n) is 6.99. The van der Waals surface area contributed by atoms with Crippen LogP contribution < -0.4 is 5.32 Å². The lowest BCUT2D eigenvalue weighted by Crippen LogP contribution is -2.48. The lowest BCUT2D eigenvalue weighted by Gasteiger charge is -2.28. The fourth-order valence-corrected chi connectivity index (χ4v) is 2.53. The van der Waals surface area contributed by atoms with E-state index < -0.39 is 11.6 Å². The Morgan fingerprint density at radius 1 is 1.32 bits per heavy atom. The largest absolute Gasteiger partial charge is 0.467 e. The fourth-order valence-electron chi connectivity index (χ4n) is 2.53. The van der Waals surface area contributed by atoms with Gasteiger partial charge in [0, 0.05) is 5.92 Å². The van der Waals surface area contributed by atoms with E-state index in [4.69, 9.17) is 0 Å². The van der Waals surface area contributed by atoms with Crippen LogP contribution >= 0.6 is 0 Å². The molecule has 1 aliphatic carbocycles. The fraction of sp³-hybridized carbons (Fsp3) is 0.857. The van der Waals surface area contributed by atoms with Gasteiger partial charge in [-0.1, -0.05) is 13.3 Å². The predicted octanol–water partition coefficient (Wildman–Crippen LogP) is 1.24. The summed E-state index contributed by atoms with van der Waals surface area (Å²) in [7, 11) is 1.21. The van der Waals surface area contributed by atoms with Gasteiger partial charge in [-0.25, -0.2) is 4.79 Å². The van der Waals surface area contributed by atoms with Crippen LogP contribution in [0, 0.1) is 11.8 Å². The standard InChI is InChI=1S/C14H25NO4/c1-4-10-5-7-11(8-6-10)12(16)15-9-14(2,18)13(17)19-3/h10-11,18H,4-9H2,1-3H3,(H,15,16)/t10?,11?,14-/m1/s1. The summed E-state index contributed by atoms with van der Waals surface area (Å²) in [4.78, 5) is 23.3. The van der Waals surface area contributed by atoms with E-state index in [1.54, 1.807) is 0 Å². The van der Waals surface area contributed by atoms with E-state index >= 15 is 0 Å². The molecule has 0 heterocycles. The summed E-state index contributed by atoms with van der Waals surface area (Å²) in [5, 5.41) is 12.5. The van der Waals surface area contributed by atoms with Crippen LogP contribution in [0.2, 0.25) is 0 Å². The number of carbonyl (C=O) groups excluding carboxylic acids is 2. The molecule has 1 aliphatic rings. The van der Waals surface area contributed by atoms with Gasteiger partial charge in [0.2, 0.25) is 5.91 Å². The minimum Gasteiger partial charge on any atom is -0.467 e. The molecule has 110 valence electrons. The van der Waals surface area contributed by atoms with Crippen molar-refractivity contribution in [2.45, 2.75) is 51.6 Å². The molecule has 0 unspecified atom stereocenters. The van der Waals surface area contributed by atoms with E-state index in [1.165, 1.54) is 20.5 Å². The number of hydrogen-bond acceptors (Lipinski definition) is 4. The number of ether oxygens (including phenoxy) is 1. The highest BCUT2D eigenvalue weighted by Gasteiger charge is 2.33. The molecular weight excluding hydrogens is 246 g/mol. The van der Waals surface area contributed by atoms with Crippen molar-refractivity contribution in [3.8, 4) is 0 Å². The van der Waals surface area contributed by atoms with E-state index in [1.807, 2.05) is 0 Å². The molecule has 0 saturated heterocycles. The minimum atomic E-state index is -1.66. The first-order chi connectivity index (χ1) is 8.90. The van der Waals surface area contributed by atoms with Crippen molar-refractivity contribution in [2.75, 3.05) is 13.7 Å². The molecule has 1 amide bonds. The maximum absolute atomic E-state index is 12.0. The molecule has 0 radical (unpaired) electrons. The normalized spacial score (nSPS) is 26.3. The van der Waals surface area contributed by atoms with Crippen molar-refractivity contribution in [3.05, 3.63) is 0 Å². The monoisotopic (exact) mass is 271 g/mol. The average Bonchev–Trinajstić information content (AvgIpc) is 2.43. The molecule has 1 atom stereocenters. The van der Waals surface area contributed by atoms with Crippen LogP contribution in [-0.4, -0.2) is 36.2 Å². The van der Waals surface area contributed by atoms with Crippen molar-refractivity contribution < 1.29 is 19.4 Å². The third-order valence-corrected chi connectivity index (χ3v) is 4.03. The number of methoxy groups -OCH3 is 1. The highest BCUT2D eigenvalue weighted by molar-refractivity contribution is 5.82. The number of aliphatic hydroxyl groups is 1. The van der Waals surface area contributed by atoms with Gasteiger partial charge in [-0.2, -0.15) is 0 Å². The summed E-state index contributed by atoms with van der Waals surface area (Å²) in [6.45, 7) is 3.41. The number of amides is 1. The zero-order valence-electron chi connectivity index (χ0n) is 12.1. The molecule has 0 aromatic rings. The summed E-state index contributed by atoms with van der Waals surface area (Å²) in [6.07, 6.45) is 5.13. The van der Waals surface area contributed by atoms with Crippen LogP contribution in [0.15, 0.2) is 0 Å². The first kappa shape index (κ1) is 16.0. The summed E-state index contributed by atoms with van der Waals surface area (Å²) >= 11 is 0. The van der Waals surface area contributed by atoms with Crippen molar-refractivity contribution in [3.63, 3.8) is 0 Å².